The minimum Gasteiger partial charge on any atom is -0.486 e. The fourth-order valence-corrected chi connectivity index (χ4v) is 4.28. The van der Waals surface area contributed by atoms with E-state index in [4.69, 9.17) is 4.74 Å². The lowest BCUT2D eigenvalue weighted by Gasteiger charge is -2.44. The van der Waals surface area contributed by atoms with Gasteiger partial charge in [-0.3, -0.25) is 4.79 Å². The van der Waals surface area contributed by atoms with E-state index in [1.165, 1.54) is 24.0 Å². The van der Waals surface area contributed by atoms with Gasteiger partial charge in [-0.15, -0.1) is 0 Å². The Balaban J connectivity index is 1.64. The first-order valence-electron chi connectivity index (χ1n) is 8.79. The van der Waals surface area contributed by atoms with E-state index in [0.717, 1.165) is 56.6 Å². The second-order valence-corrected chi connectivity index (χ2v) is 7.14. The highest BCUT2D eigenvalue weighted by molar-refractivity contribution is 6.00. The maximum Gasteiger partial charge on any atom is 0.170 e. The molecule has 1 saturated heterocycles. The molecule has 1 aromatic rings. The van der Waals surface area contributed by atoms with Crippen molar-refractivity contribution in [1.82, 2.24) is 4.90 Å². The number of rotatable bonds is 1. The first kappa shape index (κ1) is 14.3. The van der Waals surface area contributed by atoms with Gasteiger partial charge < -0.3 is 9.64 Å². The molecule has 0 atom stereocenters. The van der Waals surface area contributed by atoms with E-state index in [9.17, 15) is 4.79 Å². The summed E-state index contributed by atoms with van der Waals surface area (Å²) in [6, 6.07) is 4.30. The Morgan fingerprint density at radius 1 is 1.14 bits per heavy atom. The van der Waals surface area contributed by atoms with Crippen LogP contribution in [0.2, 0.25) is 0 Å². The number of ketones is 1. The molecule has 118 valence electrons. The zero-order chi connectivity index (χ0) is 15.2. The predicted molar refractivity (Wildman–Crippen MR) is 86.7 cm³/mol. The van der Waals surface area contributed by atoms with Gasteiger partial charge in [-0.1, -0.05) is 6.92 Å². The number of nitrogens with zero attached hydrogens (tertiary/aromatic N) is 1. The number of ether oxygens (including phenoxy) is 1. The average Bonchev–Trinajstić information content (AvgIpc) is 2.54. The molecule has 22 heavy (non-hydrogen) atoms. The molecule has 0 aromatic heterocycles. The molecule has 1 fully saturated rings. The van der Waals surface area contributed by atoms with E-state index < -0.39 is 0 Å². The van der Waals surface area contributed by atoms with Gasteiger partial charge in [0, 0.05) is 25.9 Å². The van der Waals surface area contributed by atoms with Crippen molar-refractivity contribution >= 4 is 5.78 Å². The second kappa shape index (κ2) is 5.38. The van der Waals surface area contributed by atoms with Crippen LogP contribution >= 0.6 is 0 Å². The molecule has 0 bridgehead atoms. The van der Waals surface area contributed by atoms with Gasteiger partial charge >= 0.3 is 0 Å². The topological polar surface area (TPSA) is 29.5 Å². The highest BCUT2D eigenvalue weighted by atomic mass is 16.5. The molecule has 1 aliphatic carbocycles. The maximum absolute atomic E-state index is 12.7. The summed E-state index contributed by atoms with van der Waals surface area (Å²) in [6.45, 7) is 5.38. The van der Waals surface area contributed by atoms with Gasteiger partial charge in [-0.05, 0) is 55.5 Å². The summed E-state index contributed by atoms with van der Waals surface area (Å²) < 4.78 is 6.44. The molecule has 0 amide bonds. The monoisotopic (exact) mass is 299 g/mol. The molecule has 3 nitrogen and oxygen atoms in total. The summed E-state index contributed by atoms with van der Waals surface area (Å²) >= 11 is 0. The molecule has 2 aliphatic heterocycles. The van der Waals surface area contributed by atoms with Crippen molar-refractivity contribution in [3.8, 4) is 5.75 Å². The highest BCUT2D eigenvalue weighted by Crippen LogP contribution is 2.41. The van der Waals surface area contributed by atoms with E-state index in [0.29, 0.717) is 12.2 Å². The van der Waals surface area contributed by atoms with Crippen molar-refractivity contribution in [2.45, 2.75) is 57.5 Å². The fourth-order valence-electron chi connectivity index (χ4n) is 4.28. The van der Waals surface area contributed by atoms with E-state index in [1.807, 2.05) is 0 Å². The predicted octanol–water partition coefficient (Wildman–Crippen LogP) is 3.39. The third-order valence-corrected chi connectivity index (χ3v) is 5.77. The molecule has 1 spiro atoms. The van der Waals surface area contributed by atoms with Gasteiger partial charge in [0.1, 0.15) is 11.4 Å². The van der Waals surface area contributed by atoms with Gasteiger partial charge in [0.2, 0.25) is 0 Å². The standard InChI is InChI=1S/C19H25NO2/c1-2-20-9-7-19(8-10-20)13-17(21)16-11-14-5-3-4-6-15(14)12-18(16)22-19/h11-12H,2-10,13H2,1H3. The maximum atomic E-state index is 12.7. The quantitative estimate of drug-likeness (QED) is 0.796. The molecule has 0 radical (unpaired) electrons. The molecule has 0 saturated carbocycles. The molecular formula is C19H25NO2. The Morgan fingerprint density at radius 3 is 2.50 bits per heavy atom. The summed E-state index contributed by atoms with van der Waals surface area (Å²) in [5, 5.41) is 0. The summed E-state index contributed by atoms with van der Waals surface area (Å²) in [7, 11) is 0. The summed E-state index contributed by atoms with van der Waals surface area (Å²) in [5.74, 6) is 1.15. The minimum absolute atomic E-state index is 0.237. The number of aryl methyl sites for hydroxylation is 2. The van der Waals surface area contributed by atoms with Crippen LogP contribution in [0.4, 0.5) is 0 Å². The van der Waals surface area contributed by atoms with Crippen LogP contribution in [-0.2, 0) is 12.8 Å². The van der Waals surface area contributed by atoms with Crippen molar-refractivity contribution in [2.24, 2.45) is 0 Å². The number of likely N-dealkylation sites (tertiary alicyclic amines) is 1. The number of carbonyl (C=O) groups excluding carboxylic acids is 1. The smallest absolute Gasteiger partial charge is 0.170 e. The van der Waals surface area contributed by atoms with Crippen molar-refractivity contribution in [2.75, 3.05) is 19.6 Å². The van der Waals surface area contributed by atoms with E-state index in [2.05, 4.69) is 24.0 Å². The van der Waals surface area contributed by atoms with Crippen molar-refractivity contribution in [3.05, 3.63) is 28.8 Å². The fraction of sp³-hybridized carbons (Fsp3) is 0.632. The van der Waals surface area contributed by atoms with Gasteiger partial charge in [-0.25, -0.2) is 0 Å². The van der Waals surface area contributed by atoms with Crippen molar-refractivity contribution in [1.29, 1.82) is 0 Å². The summed E-state index contributed by atoms with van der Waals surface area (Å²) in [4.78, 5) is 15.1. The Bertz CT molecular complexity index is 600. The van der Waals surface area contributed by atoms with Gasteiger partial charge in [0.15, 0.2) is 5.78 Å². The molecular weight excluding hydrogens is 274 g/mol. The number of carbonyl (C=O) groups is 1. The Hall–Kier alpha value is -1.35. The number of piperidine rings is 1. The number of Topliss-reactive ketones (excluding diaryl/α,β-unsaturated/α-hetero) is 1. The third-order valence-electron chi connectivity index (χ3n) is 5.77. The van der Waals surface area contributed by atoms with Crippen LogP contribution in [0.3, 0.4) is 0 Å². The summed E-state index contributed by atoms with van der Waals surface area (Å²) in [6.07, 6.45) is 7.28. The lowest BCUT2D eigenvalue weighted by atomic mass is 9.80. The van der Waals surface area contributed by atoms with Crippen LogP contribution in [0, 0.1) is 0 Å². The molecule has 3 aliphatic rings. The van der Waals surface area contributed by atoms with Crippen LogP contribution in [0.15, 0.2) is 12.1 Å². The second-order valence-electron chi connectivity index (χ2n) is 7.14. The molecule has 0 unspecified atom stereocenters. The number of benzene rings is 1. The average molecular weight is 299 g/mol. The molecule has 1 aromatic carbocycles. The van der Waals surface area contributed by atoms with Gasteiger partial charge in [0.05, 0.1) is 12.0 Å². The third kappa shape index (κ3) is 2.36. The first-order valence-corrected chi connectivity index (χ1v) is 8.79. The molecule has 3 heteroatoms. The molecule has 4 rings (SSSR count). The first-order chi connectivity index (χ1) is 10.7. The van der Waals surface area contributed by atoms with Crippen LogP contribution in [0.5, 0.6) is 5.75 Å². The molecule has 2 heterocycles. The largest absolute Gasteiger partial charge is 0.486 e. The number of fused-ring (bicyclic) bond motifs is 2. The normalized spacial score (nSPS) is 23.8. The van der Waals surface area contributed by atoms with E-state index >= 15 is 0 Å². The van der Waals surface area contributed by atoms with Gasteiger partial charge in [0.25, 0.3) is 0 Å². The number of hydrogen-bond donors (Lipinski definition) is 0. The van der Waals surface area contributed by atoms with E-state index in [1.54, 1.807) is 0 Å². The lowest BCUT2D eigenvalue weighted by molar-refractivity contribution is -0.00789. The zero-order valence-electron chi connectivity index (χ0n) is 13.5. The SMILES string of the molecule is CCN1CCC2(CC1)CC(=O)c1cc3c(cc1O2)CCCC3. The molecule has 0 N–H and O–H groups in total. The zero-order valence-corrected chi connectivity index (χ0v) is 13.5. The Morgan fingerprint density at radius 2 is 1.82 bits per heavy atom. The van der Waals surface area contributed by atoms with Crippen LogP contribution < -0.4 is 4.74 Å². The lowest BCUT2D eigenvalue weighted by Crippen LogP contribution is -2.51. The van der Waals surface area contributed by atoms with Crippen molar-refractivity contribution in [3.63, 3.8) is 0 Å². The number of hydrogen-bond acceptors (Lipinski definition) is 3. The van der Waals surface area contributed by atoms with Crippen LogP contribution in [-0.4, -0.2) is 35.9 Å². The van der Waals surface area contributed by atoms with Crippen molar-refractivity contribution < 1.29 is 9.53 Å². The Kier molecular flexibility index (Phi) is 3.48. The van der Waals surface area contributed by atoms with E-state index in [-0.39, 0.29) is 5.60 Å². The summed E-state index contributed by atoms with van der Waals surface area (Å²) in [5.41, 5.74) is 3.38. The van der Waals surface area contributed by atoms with Gasteiger partial charge in [-0.2, -0.15) is 0 Å². The van der Waals surface area contributed by atoms with Crippen LogP contribution in [0.25, 0.3) is 0 Å². The van der Waals surface area contributed by atoms with Crippen LogP contribution in [0.1, 0.15) is 60.5 Å². The highest BCUT2D eigenvalue weighted by Gasteiger charge is 2.43. The Labute approximate surface area is 132 Å². The minimum atomic E-state index is -0.237.